The van der Waals surface area contributed by atoms with Gasteiger partial charge in [-0.25, -0.2) is 14.5 Å². The van der Waals surface area contributed by atoms with Gasteiger partial charge < -0.3 is 15.2 Å². The third-order valence-electron chi connectivity index (χ3n) is 2.50. The van der Waals surface area contributed by atoms with Gasteiger partial charge in [0.05, 0.1) is 18.4 Å². The Morgan fingerprint density at radius 3 is 2.85 bits per heavy atom. The van der Waals surface area contributed by atoms with Crippen molar-refractivity contribution < 1.29 is 19.4 Å². The second kappa shape index (κ2) is 5.83. The van der Waals surface area contributed by atoms with Gasteiger partial charge in [0.2, 0.25) is 5.91 Å². The number of carbonyl (C=O) groups is 2. The number of rotatable bonds is 5. The first kappa shape index (κ1) is 13.5. The molecule has 0 fully saturated rings. The van der Waals surface area contributed by atoms with Crippen LogP contribution in [0.15, 0.2) is 30.9 Å². The molecule has 20 heavy (non-hydrogen) atoms. The van der Waals surface area contributed by atoms with Gasteiger partial charge in [0.25, 0.3) is 0 Å². The molecule has 0 atom stereocenters. The van der Waals surface area contributed by atoms with Gasteiger partial charge in [-0.2, -0.15) is 5.10 Å². The zero-order valence-electron chi connectivity index (χ0n) is 10.6. The number of methoxy groups -OCH3 is 1. The van der Waals surface area contributed by atoms with E-state index in [4.69, 9.17) is 9.84 Å². The number of nitrogens with one attached hydrogen (secondary N) is 1. The van der Waals surface area contributed by atoms with Crippen molar-refractivity contribution in [3.63, 3.8) is 0 Å². The highest BCUT2D eigenvalue weighted by atomic mass is 16.5. The maximum atomic E-state index is 11.8. The molecule has 8 heteroatoms. The molecule has 2 rings (SSSR count). The van der Waals surface area contributed by atoms with Crippen molar-refractivity contribution in [1.29, 1.82) is 0 Å². The zero-order valence-corrected chi connectivity index (χ0v) is 10.6. The average Bonchev–Trinajstić information content (AvgIpc) is 2.90. The van der Waals surface area contributed by atoms with Gasteiger partial charge in [-0.1, -0.05) is 0 Å². The lowest BCUT2D eigenvalue weighted by molar-refractivity contribution is -0.116. The van der Waals surface area contributed by atoms with Crippen LogP contribution in [-0.2, 0) is 11.3 Å². The molecule has 8 nitrogen and oxygen atoms in total. The number of carboxylic acid groups (broad SMARTS) is 1. The standard InChI is InChI=1S/C12H12N4O4/c1-20-8-2-3-9(12(18)19)10(4-8)15-11(17)5-16-7-13-6-14-16/h2-4,6-7H,5H2,1H3,(H,15,17)(H,18,19). The average molecular weight is 276 g/mol. The number of hydrogen-bond acceptors (Lipinski definition) is 5. The van der Waals surface area contributed by atoms with Crippen molar-refractivity contribution in [2.45, 2.75) is 6.54 Å². The van der Waals surface area contributed by atoms with Gasteiger partial charge in [0.1, 0.15) is 24.9 Å². The molecule has 0 unspecified atom stereocenters. The summed E-state index contributed by atoms with van der Waals surface area (Å²) in [6, 6.07) is 4.32. The van der Waals surface area contributed by atoms with E-state index < -0.39 is 11.9 Å². The SMILES string of the molecule is COc1ccc(C(=O)O)c(NC(=O)Cn2cncn2)c1. The van der Waals surface area contributed by atoms with Crippen LogP contribution in [0.4, 0.5) is 5.69 Å². The second-order valence-electron chi connectivity index (χ2n) is 3.86. The molecule has 0 spiro atoms. The molecule has 0 aliphatic carbocycles. The van der Waals surface area contributed by atoms with Crippen molar-refractivity contribution in [3.05, 3.63) is 36.4 Å². The molecule has 0 bridgehead atoms. The molecule has 1 aromatic carbocycles. The van der Waals surface area contributed by atoms with Crippen molar-refractivity contribution in [3.8, 4) is 5.75 Å². The van der Waals surface area contributed by atoms with Crippen molar-refractivity contribution >= 4 is 17.6 Å². The Hall–Kier alpha value is -2.90. The van der Waals surface area contributed by atoms with Crippen LogP contribution in [-0.4, -0.2) is 38.9 Å². The summed E-state index contributed by atoms with van der Waals surface area (Å²) in [6.45, 7) is -0.0593. The number of anilines is 1. The Bertz CT molecular complexity index is 624. The topological polar surface area (TPSA) is 106 Å². The van der Waals surface area contributed by atoms with E-state index in [0.717, 1.165) is 0 Å². The zero-order chi connectivity index (χ0) is 14.5. The Morgan fingerprint density at radius 2 is 2.25 bits per heavy atom. The minimum atomic E-state index is -1.14. The molecule has 1 aromatic heterocycles. The number of aromatic carboxylic acids is 1. The number of ether oxygens (including phenoxy) is 1. The van der Waals surface area contributed by atoms with Crippen LogP contribution in [0.3, 0.4) is 0 Å². The van der Waals surface area contributed by atoms with Crippen molar-refractivity contribution in [2.75, 3.05) is 12.4 Å². The van der Waals surface area contributed by atoms with Crippen LogP contribution >= 0.6 is 0 Å². The van der Waals surface area contributed by atoms with Gasteiger partial charge in [-0.3, -0.25) is 4.79 Å². The third-order valence-corrected chi connectivity index (χ3v) is 2.50. The summed E-state index contributed by atoms with van der Waals surface area (Å²) in [4.78, 5) is 26.6. The molecule has 2 aromatic rings. The molecule has 0 saturated heterocycles. The fourth-order valence-corrected chi connectivity index (χ4v) is 1.59. The first-order chi connectivity index (χ1) is 9.60. The molecule has 1 heterocycles. The second-order valence-corrected chi connectivity index (χ2v) is 3.86. The number of hydrogen-bond donors (Lipinski definition) is 2. The fourth-order valence-electron chi connectivity index (χ4n) is 1.59. The number of nitrogens with zero attached hydrogens (tertiary/aromatic N) is 3. The minimum Gasteiger partial charge on any atom is -0.497 e. The van der Waals surface area contributed by atoms with E-state index in [1.807, 2.05) is 0 Å². The van der Waals surface area contributed by atoms with Crippen LogP contribution in [0.1, 0.15) is 10.4 Å². The lowest BCUT2D eigenvalue weighted by Gasteiger charge is -2.10. The maximum Gasteiger partial charge on any atom is 0.337 e. The van der Waals surface area contributed by atoms with Crippen LogP contribution in [0.5, 0.6) is 5.75 Å². The summed E-state index contributed by atoms with van der Waals surface area (Å²) in [6.07, 6.45) is 2.70. The first-order valence-corrected chi connectivity index (χ1v) is 5.63. The summed E-state index contributed by atoms with van der Waals surface area (Å²) >= 11 is 0. The highest BCUT2D eigenvalue weighted by molar-refractivity contribution is 6.00. The van der Waals surface area contributed by atoms with E-state index in [9.17, 15) is 9.59 Å². The van der Waals surface area contributed by atoms with E-state index in [2.05, 4.69) is 15.4 Å². The summed E-state index contributed by atoms with van der Waals surface area (Å²) in [5.41, 5.74) is 0.153. The summed E-state index contributed by atoms with van der Waals surface area (Å²) < 4.78 is 6.33. The monoisotopic (exact) mass is 276 g/mol. The molecule has 0 aliphatic heterocycles. The minimum absolute atomic E-state index is 0.0160. The molecule has 104 valence electrons. The maximum absolute atomic E-state index is 11.8. The lowest BCUT2D eigenvalue weighted by Crippen LogP contribution is -2.20. The van der Waals surface area contributed by atoms with Crippen LogP contribution in [0.25, 0.3) is 0 Å². The van der Waals surface area contributed by atoms with Crippen molar-refractivity contribution in [1.82, 2.24) is 14.8 Å². The van der Waals surface area contributed by atoms with Gasteiger partial charge in [0, 0.05) is 6.07 Å². The first-order valence-electron chi connectivity index (χ1n) is 5.63. The van der Waals surface area contributed by atoms with E-state index >= 15 is 0 Å². The van der Waals surface area contributed by atoms with Gasteiger partial charge >= 0.3 is 5.97 Å². The van der Waals surface area contributed by atoms with E-state index in [1.54, 1.807) is 0 Å². The number of benzene rings is 1. The number of amides is 1. The Labute approximate surface area is 114 Å². The van der Waals surface area contributed by atoms with Crippen molar-refractivity contribution in [2.24, 2.45) is 0 Å². The third kappa shape index (κ3) is 3.10. The van der Waals surface area contributed by atoms with E-state index in [-0.39, 0.29) is 17.8 Å². The summed E-state index contributed by atoms with van der Waals surface area (Å²) in [7, 11) is 1.46. The predicted molar refractivity (Wildman–Crippen MR) is 68.6 cm³/mol. The summed E-state index contributed by atoms with van der Waals surface area (Å²) in [5.74, 6) is -1.10. The fraction of sp³-hybridized carbons (Fsp3) is 0.167. The molecule has 0 radical (unpaired) electrons. The predicted octanol–water partition coefficient (Wildman–Crippen LogP) is 0.624. The summed E-state index contributed by atoms with van der Waals surface area (Å²) in [5, 5.41) is 15.4. The normalized spacial score (nSPS) is 10.1. The van der Waals surface area contributed by atoms with E-state index in [0.29, 0.717) is 5.75 Å². The molecular weight excluding hydrogens is 264 g/mol. The van der Waals surface area contributed by atoms with Gasteiger partial charge in [-0.05, 0) is 12.1 Å². The molecule has 2 N–H and O–H groups in total. The highest BCUT2D eigenvalue weighted by Crippen LogP contribution is 2.22. The number of carboxylic acids is 1. The van der Waals surface area contributed by atoms with Crippen LogP contribution in [0, 0.1) is 0 Å². The van der Waals surface area contributed by atoms with Crippen LogP contribution in [0.2, 0.25) is 0 Å². The molecule has 0 saturated carbocycles. The van der Waals surface area contributed by atoms with Gasteiger partial charge in [0.15, 0.2) is 0 Å². The largest absolute Gasteiger partial charge is 0.497 e. The molecular formula is C12H12N4O4. The van der Waals surface area contributed by atoms with Gasteiger partial charge in [-0.15, -0.1) is 0 Å². The Balaban J connectivity index is 2.18. The number of aromatic nitrogens is 3. The number of carbonyl (C=O) groups excluding carboxylic acids is 1. The molecule has 0 aliphatic rings. The Kier molecular flexibility index (Phi) is 3.94. The van der Waals surface area contributed by atoms with Crippen LogP contribution < -0.4 is 10.1 Å². The quantitative estimate of drug-likeness (QED) is 0.829. The Morgan fingerprint density at radius 1 is 1.45 bits per heavy atom. The lowest BCUT2D eigenvalue weighted by atomic mass is 10.1. The highest BCUT2D eigenvalue weighted by Gasteiger charge is 2.14. The smallest absolute Gasteiger partial charge is 0.337 e. The molecule has 1 amide bonds. The van der Waals surface area contributed by atoms with E-state index in [1.165, 1.54) is 42.6 Å².